The Balaban J connectivity index is 2.20. The van der Waals surface area contributed by atoms with Crippen LogP contribution >= 0.6 is 23.2 Å². The van der Waals surface area contributed by atoms with Crippen LogP contribution in [0.4, 0.5) is 0 Å². The van der Waals surface area contributed by atoms with E-state index in [1.54, 1.807) is 18.2 Å². The summed E-state index contributed by atoms with van der Waals surface area (Å²) in [5.74, 6) is 0.346. The normalized spacial score (nSPS) is 10.7. The molecule has 0 aliphatic heterocycles. The van der Waals surface area contributed by atoms with Gasteiger partial charge >= 0.3 is 0 Å². The van der Waals surface area contributed by atoms with E-state index in [4.69, 9.17) is 32.7 Å². The maximum absolute atomic E-state index is 12.0. The number of hydrogen-bond acceptors (Lipinski definition) is 4. The fraction of sp³-hybridized carbons (Fsp3) is 0.176. The van der Waals surface area contributed by atoms with E-state index in [0.29, 0.717) is 27.6 Å². The summed E-state index contributed by atoms with van der Waals surface area (Å²) in [5, 5.41) is 4.47. The van der Waals surface area contributed by atoms with Crippen molar-refractivity contribution < 1.29 is 14.3 Å². The van der Waals surface area contributed by atoms with Gasteiger partial charge in [0.15, 0.2) is 5.75 Å². The molecule has 0 spiro atoms. The molecular weight excluding hydrogens is 351 g/mol. The van der Waals surface area contributed by atoms with E-state index in [1.165, 1.54) is 20.4 Å². The third kappa shape index (κ3) is 3.99. The quantitative estimate of drug-likeness (QED) is 0.640. The Morgan fingerprint density at radius 2 is 1.75 bits per heavy atom. The molecular formula is C17H16Cl2N2O3. The van der Waals surface area contributed by atoms with Gasteiger partial charge in [-0.3, -0.25) is 4.79 Å². The van der Waals surface area contributed by atoms with E-state index >= 15 is 0 Å². The Kier molecular flexibility index (Phi) is 6.06. The molecule has 0 atom stereocenters. The second-order valence-electron chi connectivity index (χ2n) is 4.89. The molecule has 0 bridgehead atoms. The zero-order valence-electron chi connectivity index (χ0n) is 13.4. The molecule has 1 amide bonds. The molecule has 7 heteroatoms. The molecule has 0 aliphatic rings. The van der Waals surface area contributed by atoms with Gasteiger partial charge in [0.05, 0.1) is 25.5 Å². The smallest absolute Gasteiger partial charge is 0.271 e. The Bertz CT molecular complexity index is 774. The van der Waals surface area contributed by atoms with Crippen molar-refractivity contribution in [2.24, 2.45) is 5.10 Å². The average molecular weight is 367 g/mol. The molecule has 2 aromatic carbocycles. The first kappa shape index (κ1) is 18.1. The van der Waals surface area contributed by atoms with Gasteiger partial charge in [-0.1, -0.05) is 40.9 Å². The molecule has 0 saturated heterocycles. The van der Waals surface area contributed by atoms with Gasteiger partial charge in [-0.2, -0.15) is 5.10 Å². The number of carbonyl (C=O) groups excluding carboxylic acids is 1. The molecule has 0 unspecified atom stereocenters. The topological polar surface area (TPSA) is 59.9 Å². The molecule has 5 nitrogen and oxygen atoms in total. The van der Waals surface area contributed by atoms with E-state index in [2.05, 4.69) is 10.5 Å². The van der Waals surface area contributed by atoms with Crippen LogP contribution in [0.25, 0.3) is 0 Å². The Morgan fingerprint density at radius 1 is 1.12 bits per heavy atom. The predicted molar refractivity (Wildman–Crippen MR) is 95.8 cm³/mol. The molecule has 0 saturated carbocycles. The highest BCUT2D eigenvalue weighted by Crippen LogP contribution is 2.41. The maximum atomic E-state index is 12.0. The van der Waals surface area contributed by atoms with Gasteiger partial charge in [0.2, 0.25) is 0 Å². The number of carbonyl (C=O) groups is 1. The molecule has 0 aliphatic carbocycles. The molecule has 126 valence electrons. The largest absolute Gasteiger partial charge is 0.494 e. The highest BCUT2D eigenvalue weighted by molar-refractivity contribution is 6.38. The van der Waals surface area contributed by atoms with Crippen LogP contribution in [-0.4, -0.2) is 26.3 Å². The molecule has 24 heavy (non-hydrogen) atoms. The highest BCUT2D eigenvalue weighted by atomic mass is 35.5. The van der Waals surface area contributed by atoms with Gasteiger partial charge in [0, 0.05) is 11.1 Å². The Labute approximate surface area is 150 Å². The van der Waals surface area contributed by atoms with E-state index in [0.717, 1.165) is 5.56 Å². The second-order valence-corrected chi connectivity index (χ2v) is 5.68. The van der Waals surface area contributed by atoms with E-state index in [9.17, 15) is 4.79 Å². The van der Waals surface area contributed by atoms with Crippen LogP contribution in [0.3, 0.4) is 0 Å². The van der Waals surface area contributed by atoms with Crippen molar-refractivity contribution in [3.63, 3.8) is 0 Å². The number of rotatable bonds is 5. The molecule has 0 radical (unpaired) electrons. The van der Waals surface area contributed by atoms with Gasteiger partial charge in [0.25, 0.3) is 5.91 Å². The minimum atomic E-state index is -0.323. The number of nitrogens with one attached hydrogen (secondary N) is 1. The van der Waals surface area contributed by atoms with Crippen molar-refractivity contribution in [1.82, 2.24) is 5.43 Å². The molecule has 0 aromatic heterocycles. The first-order valence-corrected chi connectivity index (χ1v) is 7.73. The summed E-state index contributed by atoms with van der Waals surface area (Å²) >= 11 is 12.3. The lowest BCUT2D eigenvalue weighted by atomic mass is 10.1. The lowest BCUT2D eigenvalue weighted by Crippen LogP contribution is -2.17. The number of benzene rings is 2. The predicted octanol–water partition coefficient (Wildman–Crippen LogP) is 4.08. The van der Waals surface area contributed by atoms with Crippen LogP contribution in [0.2, 0.25) is 10.0 Å². The summed E-state index contributed by atoms with van der Waals surface area (Å²) in [5.41, 5.74) is 4.54. The number of hydrazone groups is 1. The Hall–Kier alpha value is -2.24. The second kappa shape index (κ2) is 8.04. The number of nitrogens with zero attached hydrogens (tertiary/aromatic N) is 1. The third-order valence-corrected chi connectivity index (χ3v) is 3.88. The van der Waals surface area contributed by atoms with E-state index in [-0.39, 0.29) is 10.9 Å². The summed E-state index contributed by atoms with van der Waals surface area (Å²) in [6.45, 7) is 1.95. The Morgan fingerprint density at radius 3 is 2.33 bits per heavy atom. The highest BCUT2D eigenvalue weighted by Gasteiger charge is 2.16. The number of amides is 1. The number of halogens is 2. The summed E-state index contributed by atoms with van der Waals surface area (Å²) in [4.78, 5) is 12.0. The zero-order valence-corrected chi connectivity index (χ0v) is 14.9. The van der Waals surface area contributed by atoms with E-state index in [1.807, 2.05) is 19.1 Å². The minimum absolute atomic E-state index is 0.235. The van der Waals surface area contributed by atoms with Crippen LogP contribution in [0, 0.1) is 6.92 Å². The first-order chi connectivity index (χ1) is 11.5. The minimum Gasteiger partial charge on any atom is -0.494 e. The summed E-state index contributed by atoms with van der Waals surface area (Å²) in [6, 6.07) is 8.74. The monoisotopic (exact) mass is 366 g/mol. The third-order valence-electron chi connectivity index (χ3n) is 3.25. The summed E-state index contributed by atoms with van der Waals surface area (Å²) in [7, 11) is 2.93. The number of ether oxygens (including phenoxy) is 2. The number of aryl methyl sites for hydroxylation is 1. The molecule has 2 rings (SSSR count). The van der Waals surface area contributed by atoms with Crippen LogP contribution in [-0.2, 0) is 0 Å². The van der Waals surface area contributed by atoms with Gasteiger partial charge in [-0.25, -0.2) is 5.43 Å². The summed E-state index contributed by atoms with van der Waals surface area (Å²) in [6.07, 6.45) is 1.40. The van der Waals surface area contributed by atoms with Crippen molar-refractivity contribution >= 4 is 35.3 Å². The fourth-order valence-electron chi connectivity index (χ4n) is 2.02. The molecule has 0 fully saturated rings. The SMILES string of the molecule is COc1c(Cl)cc(/C=N\NC(=O)c2ccc(C)cc2)c(OC)c1Cl. The van der Waals surface area contributed by atoms with Crippen LogP contribution in [0.1, 0.15) is 21.5 Å². The van der Waals surface area contributed by atoms with Gasteiger partial charge in [0.1, 0.15) is 10.8 Å². The fourth-order valence-corrected chi connectivity index (χ4v) is 2.73. The molecule has 0 heterocycles. The van der Waals surface area contributed by atoms with Crippen LogP contribution < -0.4 is 14.9 Å². The molecule has 1 N–H and O–H groups in total. The van der Waals surface area contributed by atoms with Crippen LogP contribution in [0.5, 0.6) is 11.5 Å². The average Bonchev–Trinajstić information content (AvgIpc) is 2.55. The van der Waals surface area contributed by atoms with Crippen molar-refractivity contribution in [1.29, 1.82) is 0 Å². The first-order valence-electron chi connectivity index (χ1n) is 6.98. The van der Waals surface area contributed by atoms with Crippen molar-refractivity contribution in [3.05, 3.63) is 57.1 Å². The van der Waals surface area contributed by atoms with Gasteiger partial charge in [-0.15, -0.1) is 0 Å². The van der Waals surface area contributed by atoms with Crippen LogP contribution in [0.15, 0.2) is 35.4 Å². The van der Waals surface area contributed by atoms with Gasteiger partial charge in [-0.05, 0) is 25.1 Å². The number of methoxy groups -OCH3 is 2. The van der Waals surface area contributed by atoms with Gasteiger partial charge < -0.3 is 9.47 Å². The lowest BCUT2D eigenvalue weighted by Gasteiger charge is -2.12. The van der Waals surface area contributed by atoms with Crippen molar-refractivity contribution in [3.8, 4) is 11.5 Å². The van der Waals surface area contributed by atoms with E-state index < -0.39 is 0 Å². The molecule has 2 aromatic rings. The maximum Gasteiger partial charge on any atom is 0.271 e. The lowest BCUT2D eigenvalue weighted by molar-refractivity contribution is 0.0955. The standard InChI is InChI=1S/C17H16Cl2N2O3/c1-10-4-6-11(7-5-10)17(22)21-20-9-12-8-13(18)16(24-3)14(19)15(12)23-2/h4-9H,1-3H3,(H,21,22)/b20-9-. The summed E-state index contributed by atoms with van der Waals surface area (Å²) < 4.78 is 10.4. The van der Waals surface area contributed by atoms with Crippen molar-refractivity contribution in [2.75, 3.05) is 14.2 Å². The van der Waals surface area contributed by atoms with Crippen molar-refractivity contribution in [2.45, 2.75) is 6.92 Å². The zero-order chi connectivity index (χ0) is 17.7. The number of hydrogen-bond donors (Lipinski definition) is 1.